The molecule has 0 saturated carbocycles. The second-order valence-corrected chi connectivity index (χ2v) is 4.20. The molecule has 2 aromatic rings. The van der Waals surface area contributed by atoms with E-state index >= 15 is 0 Å². The lowest BCUT2D eigenvalue weighted by Crippen LogP contribution is -2.23. The van der Waals surface area contributed by atoms with Crippen molar-refractivity contribution in [2.24, 2.45) is 0 Å². The van der Waals surface area contributed by atoms with E-state index in [2.05, 4.69) is 4.98 Å². The number of ether oxygens (including phenoxy) is 1. The van der Waals surface area contributed by atoms with Crippen LogP contribution < -0.4 is 4.74 Å². The van der Waals surface area contributed by atoms with Crippen LogP contribution in [0.5, 0.6) is 5.75 Å². The van der Waals surface area contributed by atoms with Gasteiger partial charge >= 0.3 is 0 Å². The molecular formula is C14H14FNO2. The van der Waals surface area contributed by atoms with Gasteiger partial charge in [-0.25, -0.2) is 4.39 Å². The Bertz CT molecular complexity index is 555. The Morgan fingerprint density at radius 1 is 1.22 bits per heavy atom. The Hall–Kier alpha value is -1.94. The predicted octanol–water partition coefficient (Wildman–Crippen LogP) is 2.49. The smallest absolute Gasteiger partial charge is 0.137 e. The summed E-state index contributed by atoms with van der Waals surface area (Å²) >= 11 is 0. The van der Waals surface area contributed by atoms with E-state index in [0.717, 1.165) is 0 Å². The van der Waals surface area contributed by atoms with Crippen LogP contribution in [0.15, 0.2) is 42.7 Å². The predicted molar refractivity (Wildman–Crippen MR) is 65.9 cm³/mol. The van der Waals surface area contributed by atoms with Crippen molar-refractivity contribution >= 4 is 0 Å². The van der Waals surface area contributed by atoms with Crippen molar-refractivity contribution in [2.75, 3.05) is 7.11 Å². The molecule has 1 heterocycles. The van der Waals surface area contributed by atoms with Gasteiger partial charge < -0.3 is 9.84 Å². The highest BCUT2D eigenvalue weighted by Crippen LogP contribution is 2.30. The summed E-state index contributed by atoms with van der Waals surface area (Å²) in [6, 6.07) is 7.55. The molecule has 0 spiro atoms. The summed E-state index contributed by atoms with van der Waals surface area (Å²) in [6.07, 6.45) is 3.08. The molecule has 3 nitrogen and oxygen atoms in total. The van der Waals surface area contributed by atoms with Crippen LogP contribution in [-0.2, 0) is 5.60 Å². The van der Waals surface area contributed by atoms with E-state index in [4.69, 9.17) is 4.74 Å². The van der Waals surface area contributed by atoms with Gasteiger partial charge in [-0.05, 0) is 30.7 Å². The number of aromatic nitrogens is 1. The first-order valence-electron chi connectivity index (χ1n) is 5.52. The highest BCUT2D eigenvalue weighted by molar-refractivity contribution is 5.37. The van der Waals surface area contributed by atoms with Crippen LogP contribution in [0.4, 0.5) is 4.39 Å². The van der Waals surface area contributed by atoms with Crippen molar-refractivity contribution in [2.45, 2.75) is 12.5 Å². The van der Waals surface area contributed by atoms with E-state index in [9.17, 15) is 9.50 Å². The maximum atomic E-state index is 13.2. The van der Waals surface area contributed by atoms with Crippen LogP contribution in [0.25, 0.3) is 0 Å². The van der Waals surface area contributed by atoms with Crippen LogP contribution in [-0.4, -0.2) is 17.2 Å². The number of pyridine rings is 1. The molecule has 1 aromatic heterocycles. The minimum absolute atomic E-state index is 0.386. The summed E-state index contributed by atoms with van der Waals surface area (Å²) in [6.45, 7) is 1.60. The maximum absolute atomic E-state index is 13.2. The van der Waals surface area contributed by atoms with Crippen molar-refractivity contribution in [1.29, 1.82) is 0 Å². The van der Waals surface area contributed by atoms with Crippen molar-refractivity contribution in [3.05, 3.63) is 59.7 Å². The van der Waals surface area contributed by atoms with Gasteiger partial charge in [0.25, 0.3) is 0 Å². The second-order valence-electron chi connectivity index (χ2n) is 4.20. The summed E-state index contributed by atoms with van der Waals surface area (Å²) in [7, 11) is 1.53. The van der Waals surface area contributed by atoms with Gasteiger partial charge in [0, 0.05) is 11.8 Å². The van der Waals surface area contributed by atoms with E-state index in [1.807, 2.05) is 0 Å². The number of halogens is 1. The Balaban J connectivity index is 2.46. The average Bonchev–Trinajstić information content (AvgIpc) is 2.39. The van der Waals surface area contributed by atoms with Crippen LogP contribution in [0.2, 0.25) is 0 Å². The zero-order valence-electron chi connectivity index (χ0n) is 10.2. The molecule has 1 unspecified atom stereocenters. The zero-order chi connectivity index (χ0) is 13.2. The van der Waals surface area contributed by atoms with Crippen molar-refractivity contribution < 1.29 is 14.2 Å². The molecule has 1 N–H and O–H groups in total. The van der Waals surface area contributed by atoms with Gasteiger partial charge in [0.05, 0.1) is 13.3 Å². The molecule has 0 radical (unpaired) electrons. The lowest BCUT2D eigenvalue weighted by molar-refractivity contribution is 0.101. The Morgan fingerprint density at radius 2 is 2.00 bits per heavy atom. The Morgan fingerprint density at radius 3 is 2.67 bits per heavy atom. The first kappa shape index (κ1) is 12.5. The Labute approximate surface area is 105 Å². The molecule has 18 heavy (non-hydrogen) atoms. The molecule has 4 heteroatoms. The maximum Gasteiger partial charge on any atom is 0.137 e. The monoisotopic (exact) mass is 247 g/mol. The highest BCUT2D eigenvalue weighted by atomic mass is 19.1. The first-order valence-corrected chi connectivity index (χ1v) is 5.52. The summed E-state index contributed by atoms with van der Waals surface area (Å²) in [4.78, 5) is 3.99. The van der Waals surface area contributed by atoms with Crippen molar-refractivity contribution in [3.63, 3.8) is 0 Å². The highest BCUT2D eigenvalue weighted by Gasteiger charge is 2.26. The number of hydrogen-bond acceptors (Lipinski definition) is 3. The topological polar surface area (TPSA) is 42.4 Å². The lowest BCUT2D eigenvalue weighted by atomic mass is 9.89. The van der Waals surface area contributed by atoms with Crippen molar-refractivity contribution in [1.82, 2.24) is 4.98 Å². The van der Waals surface area contributed by atoms with Crippen molar-refractivity contribution in [3.8, 4) is 5.75 Å². The average molecular weight is 247 g/mol. The normalized spacial score (nSPS) is 14.0. The summed E-state index contributed by atoms with van der Waals surface area (Å²) in [5, 5.41) is 10.5. The molecule has 1 aromatic carbocycles. The standard InChI is InChI=1S/C14H14FNO2/c1-14(17,10-4-3-5-12(15)6-10)11-7-13(18-2)9-16-8-11/h3-9,17H,1-2H3. The van der Waals surface area contributed by atoms with Gasteiger partial charge in [-0.1, -0.05) is 12.1 Å². The minimum Gasteiger partial charge on any atom is -0.495 e. The SMILES string of the molecule is COc1cncc(C(C)(O)c2cccc(F)c2)c1. The fourth-order valence-electron chi connectivity index (χ4n) is 1.75. The largest absolute Gasteiger partial charge is 0.495 e. The van der Waals surface area contributed by atoms with E-state index in [0.29, 0.717) is 16.9 Å². The number of nitrogens with zero attached hydrogens (tertiary/aromatic N) is 1. The molecular weight excluding hydrogens is 233 g/mol. The Kier molecular flexibility index (Phi) is 3.30. The number of benzene rings is 1. The molecule has 94 valence electrons. The minimum atomic E-state index is -1.32. The summed E-state index contributed by atoms with van der Waals surface area (Å²) in [5.41, 5.74) is -0.297. The van der Waals surface area contributed by atoms with Crippen LogP contribution in [0, 0.1) is 5.82 Å². The zero-order valence-corrected chi connectivity index (χ0v) is 10.2. The van der Waals surface area contributed by atoms with Gasteiger partial charge in [0.2, 0.25) is 0 Å². The number of methoxy groups -OCH3 is 1. The summed E-state index contributed by atoms with van der Waals surface area (Å²) < 4.78 is 18.3. The first-order chi connectivity index (χ1) is 8.54. The number of aliphatic hydroxyl groups is 1. The van der Waals surface area contributed by atoms with E-state index < -0.39 is 5.60 Å². The van der Waals surface area contributed by atoms with Gasteiger partial charge in [0.15, 0.2) is 0 Å². The fraction of sp³-hybridized carbons (Fsp3) is 0.214. The van der Waals surface area contributed by atoms with E-state index in [1.165, 1.54) is 25.4 Å². The third-order valence-corrected chi connectivity index (χ3v) is 2.90. The van der Waals surface area contributed by atoms with Crippen LogP contribution in [0.1, 0.15) is 18.1 Å². The molecule has 0 aliphatic carbocycles. The molecule has 0 saturated heterocycles. The lowest BCUT2D eigenvalue weighted by Gasteiger charge is -2.24. The molecule has 2 rings (SSSR count). The number of hydrogen-bond donors (Lipinski definition) is 1. The van der Waals surface area contributed by atoms with E-state index in [1.54, 1.807) is 31.3 Å². The number of rotatable bonds is 3. The third kappa shape index (κ3) is 2.33. The second kappa shape index (κ2) is 4.74. The summed E-state index contributed by atoms with van der Waals surface area (Å²) in [5.74, 6) is 0.160. The third-order valence-electron chi connectivity index (χ3n) is 2.90. The quantitative estimate of drug-likeness (QED) is 0.906. The van der Waals surface area contributed by atoms with Gasteiger partial charge in [-0.15, -0.1) is 0 Å². The fourth-order valence-corrected chi connectivity index (χ4v) is 1.75. The van der Waals surface area contributed by atoms with E-state index in [-0.39, 0.29) is 5.82 Å². The molecule has 0 aliphatic heterocycles. The van der Waals surface area contributed by atoms with Gasteiger partial charge in [0.1, 0.15) is 17.2 Å². The van der Waals surface area contributed by atoms with Crippen LogP contribution >= 0.6 is 0 Å². The molecule has 1 atom stereocenters. The molecule has 0 bridgehead atoms. The molecule has 0 aliphatic rings. The van der Waals surface area contributed by atoms with Gasteiger partial charge in [-0.3, -0.25) is 4.98 Å². The molecule has 0 amide bonds. The molecule has 0 fully saturated rings. The van der Waals surface area contributed by atoms with Crippen LogP contribution in [0.3, 0.4) is 0 Å². The van der Waals surface area contributed by atoms with Gasteiger partial charge in [-0.2, -0.15) is 0 Å².